The van der Waals surface area contributed by atoms with E-state index in [0.29, 0.717) is 18.2 Å². The van der Waals surface area contributed by atoms with Crippen molar-refractivity contribution >= 4 is 47.4 Å². The number of nitrogens with one attached hydrogen (secondary N) is 3. The molecule has 0 spiro atoms. The smallest absolute Gasteiger partial charge is 0.223 e. The summed E-state index contributed by atoms with van der Waals surface area (Å²) in [5.74, 6) is 1.26. The van der Waals surface area contributed by atoms with Crippen LogP contribution in [0.2, 0.25) is 5.15 Å². The Morgan fingerprint density at radius 2 is 2.08 bits per heavy atom. The Kier molecular flexibility index (Phi) is 11.6. The van der Waals surface area contributed by atoms with E-state index in [1.807, 2.05) is 13.0 Å². The zero-order chi connectivity index (χ0) is 17.9. The summed E-state index contributed by atoms with van der Waals surface area (Å²) < 4.78 is 0. The fraction of sp³-hybridized carbons (Fsp3) is 0.611. The van der Waals surface area contributed by atoms with Crippen molar-refractivity contribution in [2.24, 2.45) is 10.9 Å². The van der Waals surface area contributed by atoms with E-state index >= 15 is 0 Å². The molecule has 1 saturated carbocycles. The summed E-state index contributed by atoms with van der Waals surface area (Å²) in [6, 6.07) is 3.78. The molecule has 0 saturated heterocycles. The van der Waals surface area contributed by atoms with Crippen molar-refractivity contribution in [3.63, 3.8) is 0 Å². The van der Waals surface area contributed by atoms with Gasteiger partial charge in [-0.05, 0) is 44.2 Å². The molecule has 0 unspecified atom stereocenters. The van der Waals surface area contributed by atoms with E-state index in [0.717, 1.165) is 50.3 Å². The lowest BCUT2D eigenvalue weighted by atomic mass is 9.85. The van der Waals surface area contributed by atoms with E-state index in [2.05, 4.69) is 25.9 Å². The van der Waals surface area contributed by atoms with Gasteiger partial charge in [-0.3, -0.25) is 9.79 Å². The van der Waals surface area contributed by atoms with Crippen LogP contribution in [0.1, 0.15) is 38.2 Å². The van der Waals surface area contributed by atoms with Gasteiger partial charge in [-0.2, -0.15) is 0 Å². The van der Waals surface area contributed by atoms with Crippen LogP contribution in [0.3, 0.4) is 0 Å². The number of rotatable bonds is 9. The molecule has 1 aliphatic rings. The highest BCUT2D eigenvalue weighted by Crippen LogP contribution is 2.25. The van der Waals surface area contributed by atoms with Gasteiger partial charge in [0.15, 0.2) is 5.96 Å². The maximum atomic E-state index is 11.7. The largest absolute Gasteiger partial charge is 0.357 e. The van der Waals surface area contributed by atoms with Gasteiger partial charge in [-0.25, -0.2) is 4.98 Å². The van der Waals surface area contributed by atoms with E-state index in [9.17, 15) is 4.79 Å². The lowest BCUT2D eigenvalue weighted by molar-refractivity contribution is -0.127. The first-order valence-electron chi connectivity index (χ1n) is 9.09. The molecule has 3 N–H and O–H groups in total. The van der Waals surface area contributed by atoms with Gasteiger partial charge in [0.1, 0.15) is 5.15 Å². The molecule has 1 heterocycles. The number of aliphatic imine (C=N–C) groups is 1. The Hall–Kier alpha value is -1.09. The second kappa shape index (κ2) is 13.1. The summed E-state index contributed by atoms with van der Waals surface area (Å²) in [6.45, 7) is 5.00. The summed E-state index contributed by atoms with van der Waals surface area (Å²) in [7, 11) is 0. The Morgan fingerprint density at radius 3 is 2.69 bits per heavy atom. The average Bonchev–Trinajstić information content (AvgIpc) is 2.54. The number of carbonyl (C=O) groups is 1. The highest BCUT2D eigenvalue weighted by molar-refractivity contribution is 14.0. The van der Waals surface area contributed by atoms with E-state index in [-0.39, 0.29) is 35.8 Å². The predicted octanol–water partition coefficient (Wildman–Crippen LogP) is 2.76. The normalized spacial score (nSPS) is 14.2. The number of pyridine rings is 1. The Balaban J connectivity index is 0.00000338. The van der Waals surface area contributed by atoms with E-state index in [1.165, 1.54) is 6.42 Å². The van der Waals surface area contributed by atoms with Crippen molar-refractivity contribution in [3.05, 3.63) is 29.0 Å². The standard InChI is InChI=1S/C18H28ClN5O.HI/c1-2-20-18(23-12-9-14-7-8-16(19)24-13-14)22-11-4-10-21-17(25)15-5-3-6-15;/h7-8,13,15H,2-6,9-12H2,1H3,(H,21,25)(H2,20,22,23);1H. The van der Waals surface area contributed by atoms with Gasteiger partial charge in [0.05, 0.1) is 0 Å². The zero-order valence-electron chi connectivity index (χ0n) is 15.3. The minimum Gasteiger partial charge on any atom is -0.357 e. The van der Waals surface area contributed by atoms with Crippen molar-refractivity contribution in [3.8, 4) is 0 Å². The lowest BCUT2D eigenvalue weighted by Gasteiger charge is -2.23. The molecule has 0 aliphatic heterocycles. The number of hydrogen-bond donors (Lipinski definition) is 3. The molecule has 146 valence electrons. The van der Waals surface area contributed by atoms with Crippen LogP contribution in [0.25, 0.3) is 0 Å². The van der Waals surface area contributed by atoms with Crippen molar-refractivity contribution in [1.82, 2.24) is 20.9 Å². The fourth-order valence-electron chi connectivity index (χ4n) is 2.52. The van der Waals surface area contributed by atoms with Crippen LogP contribution < -0.4 is 16.0 Å². The summed E-state index contributed by atoms with van der Waals surface area (Å²) >= 11 is 5.79. The van der Waals surface area contributed by atoms with Crippen LogP contribution in [-0.4, -0.2) is 43.0 Å². The van der Waals surface area contributed by atoms with E-state index < -0.39 is 0 Å². The van der Waals surface area contributed by atoms with Crippen LogP contribution in [0, 0.1) is 5.92 Å². The van der Waals surface area contributed by atoms with Crippen LogP contribution >= 0.6 is 35.6 Å². The third-order valence-electron chi connectivity index (χ3n) is 4.22. The highest BCUT2D eigenvalue weighted by atomic mass is 127. The first-order chi connectivity index (χ1) is 12.2. The topological polar surface area (TPSA) is 78.4 Å². The fourth-order valence-corrected chi connectivity index (χ4v) is 2.63. The van der Waals surface area contributed by atoms with Gasteiger partial charge in [-0.1, -0.05) is 24.1 Å². The third-order valence-corrected chi connectivity index (χ3v) is 4.44. The number of amides is 1. The summed E-state index contributed by atoms with van der Waals surface area (Å²) in [5.41, 5.74) is 1.13. The van der Waals surface area contributed by atoms with Crippen LogP contribution in [0.5, 0.6) is 0 Å². The molecule has 1 aromatic rings. The lowest BCUT2D eigenvalue weighted by Crippen LogP contribution is -2.38. The summed E-state index contributed by atoms with van der Waals surface area (Å²) in [6.07, 6.45) is 6.76. The van der Waals surface area contributed by atoms with Crippen LogP contribution in [0.4, 0.5) is 0 Å². The molecular formula is C18H29ClIN5O. The second-order valence-corrected chi connectivity index (χ2v) is 6.59. The molecule has 2 rings (SSSR count). The molecule has 8 heteroatoms. The van der Waals surface area contributed by atoms with Crippen molar-refractivity contribution in [2.45, 2.75) is 39.0 Å². The van der Waals surface area contributed by atoms with Gasteiger partial charge in [0, 0.05) is 38.3 Å². The molecular weight excluding hydrogens is 465 g/mol. The van der Waals surface area contributed by atoms with E-state index in [1.54, 1.807) is 12.3 Å². The van der Waals surface area contributed by atoms with Gasteiger partial charge in [0.2, 0.25) is 5.91 Å². The molecule has 1 amide bonds. The number of nitrogens with zero attached hydrogens (tertiary/aromatic N) is 2. The van der Waals surface area contributed by atoms with Crippen LogP contribution in [0.15, 0.2) is 23.3 Å². The Labute approximate surface area is 178 Å². The average molecular weight is 494 g/mol. The molecule has 1 aliphatic carbocycles. The first-order valence-corrected chi connectivity index (χ1v) is 9.47. The summed E-state index contributed by atoms with van der Waals surface area (Å²) in [5, 5.41) is 10.0. The van der Waals surface area contributed by atoms with Crippen molar-refractivity contribution < 1.29 is 4.79 Å². The zero-order valence-corrected chi connectivity index (χ0v) is 18.3. The highest BCUT2D eigenvalue weighted by Gasteiger charge is 2.24. The third kappa shape index (κ3) is 8.53. The first kappa shape index (κ1) is 23.0. The molecule has 6 nitrogen and oxygen atoms in total. The summed E-state index contributed by atoms with van der Waals surface area (Å²) in [4.78, 5) is 20.4. The van der Waals surface area contributed by atoms with Crippen molar-refractivity contribution in [2.75, 3.05) is 26.2 Å². The number of halogens is 2. The van der Waals surface area contributed by atoms with Gasteiger partial charge < -0.3 is 16.0 Å². The minimum atomic E-state index is 0. The van der Waals surface area contributed by atoms with Gasteiger partial charge in [-0.15, -0.1) is 24.0 Å². The molecule has 0 bridgehead atoms. The number of carbonyl (C=O) groups excluding carboxylic acids is 1. The number of guanidine groups is 1. The Morgan fingerprint density at radius 1 is 1.27 bits per heavy atom. The van der Waals surface area contributed by atoms with Gasteiger partial charge in [0.25, 0.3) is 0 Å². The molecule has 0 radical (unpaired) electrons. The van der Waals surface area contributed by atoms with E-state index in [4.69, 9.17) is 11.6 Å². The minimum absolute atomic E-state index is 0. The number of hydrogen-bond acceptors (Lipinski definition) is 3. The molecule has 1 aromatic heterocycles. The predicted molar refractivity (Wildman–Crippen MR) is 117 cm³/mol. The monoisotopic (exact) mass is 493 g/mol. The molecule has 0 aromatic carbocycles. The maximum absolute atomic E-state index is 11.7. The number of aromatic nitrogens is 1. The second-order valence-electron chi connectivity index (χ2n) is 6.20. The Bertz CT molecular complexity index is 563. The van der Waals surface area contributed by atoms with Crippen LogP contribution in [-0.2, 0) is 11.2 Å². The SMILES string of the molecule is CCNC(=NCCCNC(=O)C1CCC1)NCCc1ccc(Cl)nc1.I. The molecule has 0 atom stereocenters. The molecule has 26 heavy (non-hydrogen) atoms. The van der Waals surface area contributed by atoms with Crippen molar-refractivity contribution in [1.29, 1.82) is 0 Å². The molecule has 1 fully saturated rings. The quantitative estimate of drug-likeness (QED) is 0.163. The van der Waals surface area contributed by atoms with Gasteiger partial charge >= 0.3 is 0 Å². The maximum Gasteiger partial charge on any atom is 0.223 e.